The van der Waals surface area contributed by atoms with Crippen LogP contribution in [0.5, 0.6) is 0 Å². The van der Waals surface area contributed by atoms with Gasteiger partial charge in [-0.25, -0.2) is 4.79 Å². The first-order chi connectivity index (χ1) is 14.3. The van der Waals surface area contributed by atoms with Crippen molar-refractivity contribution in [1.82, 2.24) is 15.9 Å². The number of nitrogens with zero attached hydrogens (tertiary/aromatic N) is 1. The van der Waals surface area contributed by atoms with Crippen molar-refractivity contribution in [3.05, 3.63) is 41.5 Å². The van der Waals surface area contributed by atoms with Crippen LogP contribution < -0.4 is 10.8 Å². The summed E-state index contributed by atoms with van der Waals surface area (Å²) in [7, 11) is 0. The van der Waals surface area contributed by atoms with Crippen LogP contribution >= 0.6 is 0 Å². The summed E-state index contributed by atoms with van der Waals surface area (Å²) in [5, 5.41) is 4.57. The van der Waals surface area contributed by atoms with Gasteiger partial charge in [-0.3, -0.25) is 10.3 Å². The smallest absolute Gasteiger partial charge is 0.351 e. The SMILES string of the molecule is O=C(NC1CCCCC1)ON1CCC2(C=C(c3ccc(C(F)(F)F)cc3)NO2)CC1. The molecular formula is C21H26F3N3O3. The Morgan fingerprint density at radius 2 is 1.80 bits per heavy atom. The first-order valence-corrected chi connectivity index (χ1v) is 10.4. The third kappa shape index (κ3) is 4.89. The summed E-state index contributed by atoms with van der Waals surface area (Å²) in [6.07, 6.45) is 3.82. The molecule has 2 heterocycles. The summed E-state index contributed by atoms with van der Waals surface area (Å²) in [4.78, 5) is 23.3. The third-order valence-electron chi connectivity index (χ3n) is 6.00. The fourth-order valence-electron chi connectivity index (χ4n) is 4.22. The predicted octanol–water partition coefficient (Wildman–Crippen LogP) is 4.39. The zero-order valence-electron chi connectivity index (χ0n) is 16.6. The number of hydrogen-bond acceptors (Lipinski definition) is 5. The summed E-state index contributed by atoms with van der Waals surface area (Å²) in [5.74, 6) is 0. The van der Waals surface area contributed by atoms with E-state index in [1.165, 1.54) is 18.6 Å². The molecule has 0 atom stereocenters. The van der Waals surface area contributed by atoms with Gasteiger partial charge >= 0.3 is 12.3 Å². The van der Waals surface area contributed by atoms with E-state index in [1.807, 2.05) is 6.08 Å². The summed E-state index contributed by atoms with van der Waals surface area (Å²) in [5.41, 5.74) is 2.88. The molecule has 9 heteroatoms. The van der Waals surface area contributed by atoms with Crippen LogP contribution in [0.2, 0.25) is 0 Å². The second kappa shape index (κ2) is 8.47. The third-order valence-corrected chi connectivity index (χ3v) is 6.00. The van der Waals surface area contributed by atoms with Gasteiger partial charge in [-0.1, -0.05) is 31.4 Å². The van der Waals surface area contributed by atoms with Gasteiger partial charge in [0.15, 0.2) is 0 Å². The van der Waals surface area contributed by atoms with Crippen molar-refractivity contribution in [1.29, 1.82) is 0 Å². The molecule has 1 amide bonds. The lowest BCUT2D eigenvalue weighted by atomic mass is 9.91. The maximum atomic E-state index is 12.7. The zero-order valence-corrected chi connectivity index (χ0v) is 16.6. The zero-order chi connectivity index (χ0) is 21.2. The standard InChI is InChI=1S/C21H26F3N3O3/c22-21(23,24)16-8-6-15(7-9-16)18-14-20(30-26-18)10-12-27(13-11-20)29-19(28)25-17-4-2-1-3-5-17/h6-9,14,17,26H,1-5,10-13H2,(H,25,28). The first kappa shape index (κ1) is 21.0. The average molecular weight is 425 g/mol. The molecule has 2 aliphatic heterocycles. The number of rotatable bonds is 3. The first-order valence-electron chi connectivity index (χ1n) is 10.4. The molecule has 164 valence electrons. The molecule has 0 bridgehead atoms. The number of carbonyl (C=O) groups excluding carboxylic acids is 1. The molecule has 1 spiro atoms. The predicted molar refractivity (Wildman–Crippen MR) is 104 cm³/mol. The Morgan fingerprint density at radius 3 is 2.43 bits per heavy atom. The highest BCUT2D eigenvalue weighted by molar-refractivity contribution is 5.67. The average Bonchev–Trinajstić information content (AvgIpc) is 3.14. The Labute approximate surface area is 173 Å². The lowest BCUT2D eigenvalue weighted by Gasteiger charge is -2.35. The fourth-order valence-corrected chi connectivity index (χ4v) is 4.22. The van der Waals surface area contributed by atoms with Gasteiger partial charge in [-0.05, 0) is 49.5 Å². The van der Waals surface area contributed by atoms with E-state index in [9.17, 15) is 18.0 Å². The molecule has 6 nitrogen and oxygen atoms in total. The number of halogens is 3. The Balaban J connectivity index is 1.30. The van der Waals surface area contributed by atoms with Crippen molar-refractivity contribution in [3.8, 4) is 0 Å². The molecule has 2 fully saturated rings. The van der Waals surface area contributed by atoms with Crippen molar-refractivity contribution < 1.29 is 27.6 Å². The Hall–Kier alpha value is -2.26. The molecule has 0 radical (unpaired) electrons. The second-order valence-corrected chi connectivity index (χ2v) is 8.19. The van der Waals surface area contributed by atoms with Gasteiger partial charge in [0, 0.05) is 19.1 Å². The highest BCUT2D eigenvalue weighted by Gasteiger charge is 2.40. The number of amides is 1. The van der Waals surface area contributed by atoms with E-state index in [0.717, 1.165) is 37.8 Å². The van der Waals surface area contributed by atoms with Crippen LogP contribution in [0.3, 0.4) is 0 Å². The quantitative estimate of drug-likeness (QED) is 0.752. The molecule has 4 rings (SSSR count). The number of carbonyl (C=O) groups is 1. The highest BCUT2D eigenvalue weighted by atomic mass is 19.4. The summed E-state index contributed by atoms with van der Waals surface area (Å²) in [6.45, 7) is 1.02. The Morgan fingerprint density at radius 1 is 1.13 bits per heavy atom. The number of benzene rings is 1. The summed E-state index contributed by atoms with van der Waals surface area (Å²) < 4.78 is 38.2. The molecule has 1 saturated carbocycles. The Bertz CT molecular complexity index is 781. The van der Waals surface area contributed by atoms with Crippen molar-refractivity contribution >= 4 is 11.8 Å². The lowest BCUT2D eigenvalue weighted by Crippen LogP contribution is -2.47. The molecule has 0 aromatic heterocycles. The molecular weight excluding hydrogens is 399 g/mol. The summed E-state index contributed by atoms with van der Waals surface area (Å²) >= 11 is 0. The molecule has 0 unspecified atom stereocenters. The molecule has 3 aliphatic rings. The maximum absolute atomic E-state index is 12.7. The van der Waals surface area contributed by atoms with Crippen LogP contribution in [0.15, 0.2) is 30.3 Å². The van der Waals surface area contributed by atoms with Gasteiger partial charge in [0.2, 0.25) is 0 Å². The lowest BCUT2D eigenvalue weighted by molar-refractivity contribution is -0.157. The van der Waals surface area contributed by atoms with Gasteiger partial charge in [-0.15, -0.1) is 5.06 Å². The van der Waals surface area contributed by atoms with Crippen molar-refractivity contribution in [3.63, 3.8) is 0 Å². The van der Waals surface area contributed by atoms with Crippen molar-refractivity contribution in [2.45, 2.75) is 62.8 Å². The molecule has 1 aliphatic carbocycles. The molecule has 1 aromatic rings. The van der Waals surface area contributed by atoms with E-state index in [1.54, 1.807) is 5.06 Å². The van der Waals surface area contributed by atoms with Crippen LogP contribution in [-0.4, -0.2) is 35.9 Å². The van der Waals surface area contributed by atoms with Crippen molar-refractivity contribution in [2.24, 2.45) is 0 Å². The minimum absolute atomic E-state index is 0.193. The van der Waals surface area contributed by atoms with Crippen LogP contribution in [0.25, 0.3) is 5.70 Å². The van der Waals surface area contributed by atoms with E-state index in [4.69, 9.17) is 9.68 Å². The molecule has 1 saturated heterocycles. The molecule has 1 aromatic carbocycles. The summed E-state index contributed by atoms with van der Waals surface area (Å²) in [6, 6.07) is 5.17. The van der Waals surface area contributed by atoms with Gasteiger partial charge in [-0.2, -0.15) is 13.2 Å². The van der Waals surface area contributed by atoms with E-state index < -0.39 is 23.4 Å². The molecule has 30 heavy (non-hydrogen) atoms. The minimum atomic E-state index is -4.36. The topological polar surface area (TPSA) is 62.8 Å². The second-order valence-electron chi connectivity index (χ2n) is 8.19. The number of piperidine rings is 1. The number of hydroxylamine groups is 3. The largest absolute Gasteiger partial charge is 0.426 e. The maximum Gasteiger partial charge on any atom is 0.426 e. The van der Waals surface area contributed by atoms with Crippen molar-refractivity contribution in [2.75, 3.05) is 13.1 Å². The van der Waals surface area contributed by atoms with E-state index in [0.29, 0.717) is 37.2 Å². The molecule has 2 N–H and O–H groups in total. The number of hydrogen-bond donors (Lipinski definition) is 2. The van der Waals surface area contributed by atoms with Crippen LogP contribution in [-0.2, 0) is 15.9 Å². The number of nitrogens with one attached hydrogen (secondary N) is 2. The van der Waals surface area contributed by atoms with Crippen LogP contribution in [0.4, 0.5) is 18.0 Å². The van der Waals surface area contributed by atoms with E-state index in [2.05, 4.69) is 10.8 Å². The van der Waals surface area contributed by atoms with E-state index >= 15 is 0 Å². The van der Waals surface area contributed by atoms with Crippen LogP contribution in [0.1, 0.15) is 56.1 Å². The minimum Gasteiger partial charge on any atom is -0.351 e. The van der Waals surface area contributed by atoms with E-state index in [-0.39, 0.29) is 6.04 Å². The number of alkyl halides is 3. The van der Waals surface area contributed by atoms with Gasteiger partial charge in [0.25, 0.3) is 0 Å². The fraction of sp³-hybridized carbons (Fsp3) is 0.571. The van der Waals surface area contributed by atoms with Gasteiger partial charge in [0.05, 0.1) is 11.3 Å². The monoisotopic (exact) mass is 425 g/mol. The van der Waals surface area contributed by atoms with Gasteiger partial charge < -0.3 is 10.2 Å². The highest BCUT2D eigenvalue weighted by Crippen LogP contribution is 2.36. The normalized spacial score (nSPS) is 22.4. The Kier molecular flexibility index (Phi) is 5.92. The van der Waals surface area contributed by atoms with Gasteiger partial charge in [0.1, 0.15) is 5.60 Å². The van der Waals surface area contributed by atoms with Crippen LogP contribution in [0, 0.1) is 0 Å².